The fraction of sp³-hybridized carbons (Fsp3) is 0.129. The largest absolute Gasteiger partial charge is 0.481 e. The fourth-order valence-corrected chi connectivity index (χ4v) is 4.15. The molecule has 3 N–H and O–H groups in total. The molecule has 5 aromatic rings. The maximum Gasteiger partial charge on any atom is 0.307 e. The summed E-state index contributed by atoms with van der Waals surface area (Å²) < 4.78 is 0. The molecule has 0 unspecified atom stereocenters. The van der Waals surface area contributed by atoms with Crippen molar-refractivity contribution in [3.05, 3.63) is 120 Å². The number of rotatable bonds is 6. The van der Waals surface area contributed by atoms with E-state index in [0.717, 1.165) is 46.0 Å². The molecule has 0 radical (unpaired) electrons. The van der Waals surface area contributed by atoms with Gasteiger partial charge in [-0.05, 0) is 35.7 Å². The topological polar surface area (TPSA) is 94.5 Å². The molecule has 0 saturated heterocycles. The summed E-state index contributed by atoms with van der Waals surface area (Å²) in [7, 11) is 0. The predicted molar refractivity (Wildman–Crippen MR) is 148 cm³/mol. The van der Waals surface area contributed by atoms with Gasteiger partial charge < -0.3 is 15.4 Å². The first kappa shape index (κ1) is 25.4. The predicted octanol–water partition coefficient (Wildman–Crippen LogP) is 5.74. The summed E-state index contributed by atoms with van der Waals surface area (Å²) in [5, 5.41) is 14.8. The van der Waals surface area contributed by atoms with Crippen LogP contribution in [-0.2, 0) is 22.4 Å². The number of carbonyl (C=O) groups is 2. The summed E-state index contributed by atoms with van der Waals surface area (Å²) in [6, 6.07) is 33.6. The molecule has 4 aromatic carbocycles. The van der Waals surface area contributed by atoms with Crippen LogP contribution in [0.5, 0.6) is 0 Å². The molecule has 0 bridgehead atoms. The quantitative estimate of drug-likeness (QED) is 0.282. The zero-order valence-corrected chi connectivity index (χ0v) is 20.6. The number of nitrogens with zero attached hydrogens (tertiary/aromatic N) is 1. The third-order valence-corrected chi connectivity index (χ3v) is 5.78. The normalized spacial score (nSPS) is 11.1. The van der Waals surface area contributed by atoms with Crippen molar-refractivity contribution >= 4 is 39.4 Å². The van der Waals surface area contributed by atoms with E-state index in [0.29, 0.717) is 5.36 Å². The monoisotopic (exact) mass is 491 g/mol. The van der Waals surface area contributed by atoms with Gasteiger partial charge >= 0.3 is 5.97 Å². The van der Waals surface area contributed by atoms with E-state index in [-0.39, 0.29) is 12.3 Å². The van der Waals surface area contributed by atoms with Crippen molar-refractivity contribution in [1.82, 2.24) is 4.98 Å². The molecule has 6 nitrogen and oxygen atoms in total. The van der Waals surface area contributed by atoms with E-state index < -0.39 is 5.97 Å². The van der Waals surface area contributed by atoms with Crippen molar-refractivity contribution in [2.45, 2.75) is 19.8 Å². The number of carboxylic acid groups (broad SMARTS) is 1. The number of hydrogen-bond donors (Lipinski definition) is 3. The number of aliphatic carboxylic acids is 1. The molecule has 0 aliphatic rings. The van der Waals surface area contributed by atoms with Crippen LogP contribution in [0.3, 0.4) is 0 Å². The molecule has 1 amide bonds. The number of aromatic amines is 1. The summed E-state index contributed by atoms with van der Waals surface area (Å²) in [6.07, 6.45) is 1.08. The number of para-hydroxylation sites is 1. The van der Waals surface area contributed by atoms with E-state index in [1.807, 2.05) is 42.5 Å². The average molecular weight is 492 g/mol. The van der Waals surface area contributed by atoms with Crippen LogP contribution in [0.25, 0.3) is 21.8 Å². The summed E-state index contributed by atoms with van der Waals surface area (Å²) in [4.78, 5) is 29.0. The molecule has 5 rings (SSSR count). The van der Waals surface area contributed by atoms with E-state index in [1.165, 1.54) is 12.5 Å². The van der Waals surface area contributed by atoms with Gasteiger partial charge in [-0.2, -0.15) is 0 Å². The maximum atomic E-state index is 11.3. The Hall–Kier alpha value is -4.71. The number of amides is 1. The lowest BCUT2D eigenvalue weighted by molar-refractivity contribution is -0.136. The van der Waals surface area contributed by atoms with Gasteiger partial charge in [0.2, 0.25) is 5.91 Å². The van der Waals surface area contributed by atoms with Crippen molar-refractivity contribution in [3.8, 4) is 0 Å². The van der Waals surface area contributed by atoms with Gasteiger partial charge in [0.15, 0.2) is 0 Å². The molecule has 0 spiro atoms. The Labute approximate surface area is 215 Å². The second-order valence-corrected chi connectivity index (χ2v) is 8.62. The lowest BCUT2D eigenvalue weighted by Crippen LogP contribution is -2.05. The lowest BCUT2D eigenvalue weighted by Gasteiger charge is -2.08. The van der Waals surface area contributed by atoms with E-state index in [9.17, 15) is 9.59 Å². The molecule has 0 aliphatic carbocycles. The SMILES string of the molecule is CC(=O)N=c1cccc2c(c1)[nH]c1c(NCCc3ccccc3)cccc12.O=C(O)Cc1ccccc1. The first-order chi connectivity index (χ1) is 18.0. The van der Waals surface area contributed by atoms with Crippen LogP contribution in [0.4, 0.5) is 5.69 Å². The third kappa shape index (κ3) is 7.15. The number of nitrogens with one attached hydrogen (secondary N) is 2. The van der Waals surface area contributed by atoms with Crippen molar-refractivity contribution in [2.75, 3.05) is 11.9 Å². The van der Waals surface area contributed by atoms with E-state index in [1.54, 1.807) is 12.1 Å². The highest BCUT2D eigenvalue weighted by Crippen LogP contribution is 2.29. The third-order valence-electron chi connectivity index (χ3n) is 5.78. The summed E-state index contributed by atoms with van der Waals surface area (Å²) in [6.45, 7) is 2.32. The summed E-state index contributed by atoms with van der Waals surface area (Å²) in [5.74, 6) is -0.986. The zero-order chi connectivity index (χ0) is 26.0. The van der Waals surface area contributed by atoms with Gasteiger partial charge in [-0.25, -0.2) is 4.99 Å². The van der Waals surface area contributed by atoms with E-state index >= 15 is 0 Å². The number of anilines is 1. The van der Waals surface area contributed by atoms with Crippen LogP contribution in [0.1, 0.15) is 18.1 Å². The Kier molecular flexibility index (Phi) is 8.45. The Morgan fingerprint density at radius 3 is 2.14 bits per heavy atom. The molecular weight excluding hydrogens is 462 g/mol. The van der Waals surface area contributed by atoms with Crippen LogP contribution in [0.2, 0.25) is 0 Å². The first-order valence-corrected chi connectivity index (χ1v) is 12.1. The van der Waals surface area contributed by atoms with Crippen molar-refractivity contribution < 1.29 is 14.7 Å². The molecular formula is C31H29N3O3. The van der Waals surface area contributed by atoms with Gasteiger partial charge in [0, 0.05) is 29.8 Å². The van der Waals surface area contributed by atoms with Gasteiger partial charge in [0.25, 0.3) is 0 Å². The lowest BCUT2D eigenvalue weighted by atomic mass is 10.1. The minimum atomic E-state index is -0.786. The van der Waals surface area contributed by atoms with Crippen LogP contribution in [-0.4, -0.2) is 28.5 Å². The number of benzene rings is 3. The highest BCUT2D eigenvalue weighted by Gasteiger charge is 2.07. The fourth-order valence-electron chi connectivity index (χ4n) is 4.15. The van der Waals surface area contributed by atoms with Gasteiger partial charge in [-0.15, -0.1) is 0 Å². The molecule has 6 heteroatoms. The van der Waals surface area contributed by atoms with Crippen LogP contribution < -0.4 is 10.7 Å². The minimum Gasteiger partial charge on any atom is -0.481 e. The number of H-pyrrole nitrogens is 1. The van der Waals surface area contributed by atoms with Crippen molar-refractivity contribution in [2.24, 2.45) is 4.99 Å². The smallest absolute Gasteiger partial charge is 0.307 e. The van der Waals surface area contributed by atoms with Crippen LogP contribution >= 0.6 is 0 Å². The van der Waals surface area contributed by atoms with Crippen molar-refractivity contribution in [3.63, 3.8) is 0 Å². The van der Waals surface area contributed by atoms with Crippen LogP contribution in [0.15, 0.2) is 108 Å². The molecule has 37 heavy (non-hydrogen) atoms. The zero-order valence-electron chi connectivity index (χ0n) is 20.6. The number of carboxylic acids is 1. The maximum absolute atomic E-state index is 11.3. The number of carbonyl (C=O) groups excluding carboxylic acids is 1. The Bertz CT molecular complexity index is 1580. The number of hydrogen-bond acceptors (Lipinski definition) is 3. The molecule has 0 fully saturated rings. The summed E-state index contributed by atoms with van der Waals surface area (Å²) in [5.41, 5.74) is 5.27. The summed E-state index contributed by atoms with van der Waals surface area (Å²) >= 11 is 0. The Morgan fingerprint density at radius 1 is 0.811 bits per heavy atom. The van der Waals surface area contributed by atoms with Gasteiger partial charge in [-0.3, -0.25) is 9.59 Å². The van der Waals surface area contributed by atoms with Crippen molar-refractivity contribution in [1.29, 1.82) is 0 Å². The van der Waals surface area contributed by atoms with Crippen LogP contribution in [0, 0.1) is 0 Å². The number of aromatic nitrogens is 1. The van der Waals surface area contributed by atoms with Gasteiger partial charge in [0.05, 0.1) is 23.0 Å². The molecule has 0 aliphatic heterocycles. The molecule has 1 heterocycles. The van der Waals surface area contributed by atoms with Gasteiger partial charge in [-0.1, -0.05) is 84.9 Å². The highest BCUT2D eigenvalue weighted by atomic mass is 16.4. The van der Waals surface area contributed by atoms with E-state index in [2.05, 4.69) is 63.8 Å². The second-order valence-electron chi connectivity index (χ2n) is 8.62. The first-order valence-electron chi connectivity index (χ1n) is 12.1. The molecule has 0 atom stereocenters. The molecule has 186 valence electrons. The van der Waals surface area contributed by atoms with E-state index in [4.69, 9.17) is 5.11 Å². The second kappa shape index (κ2) is 12.3. The average Bonchev–Trinajstić information content (AvgIpc) is 3.10. The Morgan fingerprint density at radius 2 is 1.46 bits per heavy atom. The standard InChI is InChI=1S/C23H21N3O.C8H8O2/c1-16(27)25-18-9-5-10-19-20-11-6-12-21(23(20)26-22(19)15-18)24-14-13-17-7-3-2-4-8-17;9-8(10)6-7-4-2-1-3-5-7/h2-12,15,24,26H,13-14H2,1H3;1-5H,6H2,(H,9,10). The Balaban J connectivity index is 0.000000270. The molecule has 0 saturated carbocycles. The number of fused-ring (bicyclic) bond motifs is 3. The highest BCUT2D eigenvalue weighted by molar-refractivity contribution is 6.10. The molecule has 1 aromatic heterocycles. The van der Waals surface area contributed by atoms with Gasteiger partial charge in [0.1, 0.15) is 0 Å². The minimum absolute atomic E-state index is 0.112.